The molecule has 1 atom stereocenters. The van der Waals surface area contributed by atoms with E-state index in [0.717, 1.165) is 24.8 Å². The first-order chi connectivity index (χ1) is 7.74. The number of carbonyl (C=O) groups excluding carboxylic acids is 1. The van der Waals surface area contributed by atoms with Crippen LogP contribution in [0, 0.1) is 0 Å². The molecule has 1 aromatic rings. The normalized spacial score (nSPS) is 23.6. The van der Waals surface area contributed by atoms with Crippen molar-refractivity contribution >= 4 is 5.91 Å². The van der Waals surface area contributed by atoms with E-state index in [1.807, 2.05) is 19.2 Å². The van der Waals surface area contributed by atoms with E-state index in [9.17, 15) is 4.79 Å². The highest BCUT2D eigenvalue weighted by Gasteiger charge is 2.41. The lowest BCUT2D eigenvalue weighted by Gasteiger charge is -2.37. The Morgan fingerprint density at radius 1 is 1.31 bits per heavy atom. The quantitative estimate of drug-likeness (QED) is 0.782. The predicted molar refractivity (Wildman–Crippen MR) is 64.2 cm³/mol. The van der Waals surface area contributed by atoms with Crippen LogP contribution in [0.2, 0.25) is 0 Å². The SMILES string of the molecule is CNC(=O)C1(NC)CCCc2ccccc21. The number of hydrogen-bond acceptors (Lipinski definition) is 2. The molecule has 0 radical (unpaired) electrons. The first-order valence-electron chi connectivity index (χ1n) is 5.74. The maximum Gasteiger partial charge on any atom is 0.244 e. The number of benzene rings is 1. The van der Waals surface area contributed by atoms with E-state index < -0.39 is 5.54 Å². The van der Waals surface area contributed by atoms with Crippen LogP contribution >= 0.6 is 0 Å². The smallest absolute Gasteiger partial charge is 0.244 e. The lowest BCUT2D eigenvalue weighted by atomic mass is 9.76. The molecule has 0 fully saturated rings. The van der Waals surface area contributed by atoms with E-state index in [2.05, 4.69) is 22.8 Å². The van der Waals surface area contributed by atoms with Gasteiger partial charge in [-0.3, -0.25) is 4.79 Å². The number of likely N-dealkylation sites (N-methyl/N-ethyl adjacent to an activating group) is 2. The molecule has 0 saturated heterocycles. The van der Waals surface area contributed by atoms with Gasteiger partial charge in [-0.15, -0.1) is 0 Å². The van der Waals surface area contributed by atoms with Crippen LogP contribution in [0.1, 0.15) is 24.0 Å². The molecule has 0 heterocycles. The van der Waals surface area contributed by atoms with E-state index in [1.165, 1.54) is 5.56 Å². The molecular weight excluding hydrogens is 200 g/mol. The fourth-order valence-corrected chi connectivity index (χ4v) is 2.66. The molecule has 2 rings (SSSR count). The summed E-state index contributed by atoms with van der Waals surface area (Å²) in [6, 6.07) is 8.21. The molecular formula is C13H18N2O. The van der Waals surface area contributed by atoms with Crippen LogP contribution in [0.15, 0.2) is 24.3 Å². The van der Waals surface area contributed by atoms with E-state index in [1.54, 1.807) is 7.05 Å². The highest BCUT2D eigenvalue weighted by atomic mass is 16.2. The Bertz CT molecular complexity index is 403. The van der Waals surface area contributed by atoms with Crippen molar-refractivity contribution in [2.75, 3.05) is 14.1 Å². The maximum absolute atomic E-state index is 12.1. The van der Waals surface area contributed by atoms with E-state index in [4.69, 9.17) is 0 Å². The molecule has 3 nitrogen and oxygen atoms in total. The van der Waals surface area contributed by atoms with Gasteiger partial charge in [-0.05, 0) is 37.4 Å². The number of amides is 1. The fourth-order valence-electron chi connectivity index (χ4n) is 2.66. The van der Waals surface area contributed by atoms with Crippen LogP contribution in [0.3, 0.4) is 0 Å². The first-order valence-corrected chi connectivity index (χ1v) is 5.74. The van der Waals surface area contributed by atoms with E-state index in [0.29, 0.717) is 0 Å². The summed E-state index contributed by atoms with van der Waals surface area (Å²) in [7, 11) is 3.55. The second kappa shape index (κ2) is 4.26. The van der Waals surface area contributed by atoms with Crippen LogP contribution in [0.4, 0.5) is 0 Å². The molecule has 1 aromatic carbocycles. The molecule has 16 heavy (non-hydrogen) atoms. The second-order valence-electron chi connectivity index (χ2n) is 4.25. The molecule has 3 heteroatoms. The zero-order chi connectivity index (χ0) is 11.6. The van der Waals surface area contributed by atoms with Gasteiger partial charge in [-0.25, -0.2) is 0 Å². The minimum absolute atomic E-state index is 0.0575. The maximum atomic E-state index is 12.1. The Morgan fingerprint density at radius 2 is 2.06 bits per heavy atom. The van der Waals surface area contributed by atoms with Gasteiger partial charge in [0.15, 0.2) is 0 Å². The number of hydrogen-bond donors (Lipinski definition) is 2. The lowest BCUT2D eigenvalue weighted by Crippen LogP contribution is -2.53. The molecule has 2 N–H and O–H groups in total. The summed E-state index contributed by atoms with van der Waals surface area (Å²) in [5.41, 5.74) is 1.87. The van der Waals surface area contributed by atoms with Crippen LogP contribution in [-0.2, 0) is 16.8 Å². The predicted octanol–water partition coefficient (Wildman–Crippen LogP) is 1.18. The van der Waals surface area contributed by atoms with E-state index >= 15 is 0 Å². The molecule has 0 spiro atoms. The molecule has 1 unspecified atom stereocenters. The van der Waals surface area contributed by atoms with Gasteiger partial charge < -0.3 is 10.6 Å². The van der Waals surface area contributed by atoms with Crippen molar-refractivity contribution in [3.05, 3.63) is 35.4 Å². The number of carbonyl (C=O) groups is 1. The fraction of sp³-hybridized carbons (Fsp3) is 0.462. The third kappa shape index (κ3) is 1.52. The minimum atomic E-state index is -0.538. The summed E-state index contributed by atoms with van der Waals surface area (Å²) in [5, 5.41) is 5.98. The summed E-state index contributed by atoms with van der Waals surface area (Å²) in [6.07, 6.45) is 2.97. The average molecular weight is 218 g/mol. The number of nitrogens with one attached hydrogen (secondary N) is 2. The minimum Gasteiger partial charge on any atom is -0.357 e. The lowest BCUT2D eigenvalue weighted by molar-refractivity contribution is -0.128. The highest BCUT2D eigenvalue weighted by molar-refractivity contribution is 5.88. The van der Waals surface area contributed by atoms with Crippen LogP contribution in [0.25, 0.3) is 0 Å². The summed E-state index contributed by atoms with van der Waals surface area (Å²) < 4.78 is 0. The van der Waals surface area contributed by atoms with Crippen LogP contribution in [-0.4, -0.2) is 20.0 Å². The molecule has 1 aliphatic rings. The Labute approximate surface area is 96.2 Å². The van der Waals surface area contributed by atoms with Crippen LogP contribution in [0.5, 0.6) is 0 Å². The van der Waals surface area contributed by atoms with Gasteiger partial charge in [0.25, 0.3) is 0 Å². The zero-order valence-electron chi connectivity index (χ0n) is 9.84. The van der Waals surface area contributed by atoms with Gasteiger partial charge in [0.2, 0.25) is 5.91 Å². The van der Waals surface area contributed by atoms with E-state index in [-0.39, 0.29) is 5.91 Å². The summed E-state index contributed by atoms with van der Waals surface area (Å²) >= 11 is 0. The van der Waals surface area contributed by atoms with Crippen molar-refractivity contribution < 1.29 is 4.79 Å². The molecule has 1 amide bonds. The Morgan fingerprint density at radius 3 is 2.75 bits per heavy atom. The standard InChI is InChI=1S/C13H18N2O/c1-14-12(16)13(15-2)9-5-7-10-6-3-4-8-11(10)13/h3-4,6,8,15H,5,7,9H2,1-2H3,(H,14,16). The van der Waals surface area contributed by atoms with Gasteiger partial charge >= 0.3 is 0 Å². The Balaban J connectivity index is 2.53. The second-order valence-corrected chi connectivity index (χ2v) is 4.25. The van der Waals surface area contributed by atoms with Crippen molar-refractivity contribution in [2.45, 2.75) is 24.8 Å². The molecule has 0 bridgehead atoms. The van der Waals surface area contributed by atoms with Gasteiger partial charge in [-0.1, -0.05) is 24.3 Å². The molecule has 0 saturated carbocycles. The van der Waals surface area contributed by atoms with Gasteiger partial charge in [-0.2, -0.15) is 0 Å². The van der Waals surface area contributed by atoms with Crippen molar-refractivity contribution in [1.29, 1.82) is 0 Å². The topological polar surface area (TPSA) is 41.1 Å². The number of fused-ring (bicyclic) bond motifs is 1. The van der Waals surface area contributed by atoms with Crippen molar-refractivity contribution in [3.63, 3.8) is 0 Å². The molecule has 1 aliphatic carbocycles. The molecule has 0 aliphatic heterocycles. The third-order valence-corrected chi connectivity index (χ3v) is 3.52. The monoisotopic (exact) mass is 218 g/mol. The highest BCUT2D eigenvalue weighted by Crippen LogP contribution is 2.35. The Kier molecular flexibility index (Phi) is 2.97. The molecule has 0 aromatic heterocycles. The largest absolute Gasteiger partial charge is 0.357 e. The number of rotatable bonds is 2. The van der Waals surface area contributed by atoms with Gasteiger partial charge in [0.1, 0.15) is 5.54 Å². The van der Waals surface area contributed by atoms with Crippen molar-refractivity contribution in [2.24, 2.45) is 0 Å². The average Bonchev–Trinajstić information content (AvgIpc) is 2.37. The third-order valence-electron chi connectivity index (χ3n) is 3.52. The van der Waals surface area contributed by atoms with Gasteiger partial charge in [0.05, 0.1) is 0 Å². The number of aryl methyl sites for hydroxylation is 1. The Hall–Kier alpha value is -1.35. The van der Waals surface area contributed by atoms with Crippen molar-refractivity contribution in [1.82, 2.24) is 10.6 Å². The van der Waals surface area contributed by atoms with Gasteiger partial charge in [0, 0.05) is 7.05 Å². The summed E-state index contributed by atoms with van der Waals surface area (Å²) in [5.74, 6) is 0.0575. The summed E-state index contributed by atoms with van der Waals surface area (Å²) in [4.78, 5) is 12.1. The zero-order valence-corrected chi connectivity index (χ0v) is 9.84. The van der Waals surface area contributed by atoms with Crippen LogP contribution < -0.4 is 10.6 Å². The molecule has 86 valence electrons. The summed E-state index contributed by atoms with van der Waals surface area (Å²) in [6.45, 7) is 0. The first kappa shape index (κ1) is 11.1. The van der Waals surface area contributed by atoms with Crippen molar-refractivity contribution in [3.8, 4) is 0 Å².